The Morgan fingerprint density at radius 3 is 2.38 bits per heavy atom. The first-order chi connectivity index (χ1) is 10.0. The summed E-state index contributed by atoms with van der Waals surface area (Å²) in [5.41, 5.74) is -0.314. The van der Waals surface area contributed by atoms with Crippen molar-refractivity contribution in [1.82, 2.24) is 15.5 Å². The van der Waals surface area contributed by atoms with Gasteiger partial charge in [0, 0.05) is 18.2 Å². The molecule has 4 bridgehead atoms. The summed E-state index contributed by atoms with van der Waals surface area (Å²) in [7, 11) is 0. The Bertz CT molecular complexity index is 501. The Morgan fingerprint density at radius 1 is 1.19 bits per heavy atom. The molecule has 6 nitrogen and oxygen atoms in total. The van der Waals surface area contributed by atoms with Crippen molar-refractivity contribution in [3.05, 3.63) is 12.2 Å². The van der Waals surface area contributed by atoms with Gasteiger partial charge in [0.1, 0.15) is 6.54 Å². The third kappa shape index (κ3) is 2.18. The molecular formula is C15H19N3O3. The first-order valence-corrected chi connectivity index (χ1v) is 7.65. The highest BCUT2D eigenvalue weighted by molar-refractivity contribution is 6.14. The molecule has 0 spiro atoms. The highest BCUT2D eigenvalue weighted by Gasteiger charge is 2.51. The van der Waals surface area contributed by atoms with E-state index in [1.54, 1.807) is 0 Å². The Hall–Kier alpha value is -1.69. The standard InChI is InChI=1S/C15H19N3O3/c19-12(8-18-13(20)1-2-14(18)21)17-15-6-9-3-10(7-15)5-11(4-9)16-15/h1-2,9-11,16H,3-8H2,(H,17,19)/t9-,10+,11?,15?. The molecule has 0 aromatic heterocycles. The van der Waals surface area contributed by atoms with Crippen molar-refractivity contribution >= 4 is 17.7 Å². The average Bonchev–Trinajstić information content (AvgIpc) is 2.68. The quantitative estimate of drug-likeness (QED) is 0.712. The van der Waals surface area contributed by atoms with Crippen molar-refractivity contribution in [2.75, 3.05) is 6.54 Å². The van der Waals surface area contributed by atoms with E-state index in [1.807, 2.05) is 0 Å². The molecule has 2 saturated carbocycles. The van der Waals surface area contributed by atoms with E-state index in [1.165, 1.54) is 31.4 Å². The fraction of sp³-hybridized carbons (Fsp3) is 0.667. The molecule has 112 valence electrons. The van der Waals surface area contributed by atoms with E-state index in [0.29, 0.717) is 17.9 Å². The lowest BCUT2D eigenvalue weighted by atomic mass is 9.62. The predicted molar refractivity (Wildman–Crippen MR) is 73.7 cm³/mol. The van der Waals surface area contributed by atoms with E-state index in [0.717, 1.165) is 17.7 Å². The number of piperidine rings is 2. The van der Waals surface area contributed by atoms with Gasteiger partial charge in [0.05, 0.1) is 5.66 Å². The maximum atomic E-state index is 12.2. The largest absolute Gasteiger partial charge is 0.336 e. The molecule has 2 unspecified atom stereocenters. The maximum absolute atomic E-state index is 12.2. The number of imide groups is 1. The summed E-state index contributed by atoms with van der Waals surface area (Å²) in [5.74, 6) is 0.318. The van der Waals surface area contributed by atoms with E-state index >= 15 is 0 Å². The highest BCUT2D eigenvalue weighted by Crippen LogP contribution is 2.48. The van der Waals surface area contributed by atoms with Crippen molar-refractivity contribution in [3.63, 3.8) is 0 Å². The van der Waals surface area contributed by atoms with Crippen LogP contribution in [-0.2, 0) is 14.4 Å². The number of nitrogens with one attached hydrogen (secondary N) is 2. The van der Waals surface area contributed by atoms with Crippen LogP contribution in [-0.4, -0.2) is 40.9 Å². The molecule has 0 aromatic rings. The fourth-order valence-electron chi connectivity index (χ4n) is 4.77. The Kier molecular flexibility index (Phi) is 2.73. The second-order valence-electron chi connectivity index (χ2n) is 6.91. The third-order valence-electron chi connectivity index (χ3n) is 5.24. The molecule has 3 heterocycles. The zero-order valence-electron chi connectivity index (χ0n) is 11.8. The lowest BCUT2D eigenvalue weighted by Crippen LogP contribution is -2.71. The number of carbonyl (C=O) groups is 3. The first kappa shape index (κ1) is 13.0. The van der Waals surface area contributed by atoms with Crippen LogP contribution in [0.2, 0.25) is 0 Å². The molecule has 3 amide bonds. The fourth-order valence-corrected chi connectivity index (χ4v) is 4.77. The second-order valence-corrected chi connectivity index (χ2v) is 6.91. The van der Waals surface area contributed by atoms with Crippen molar-refractivity contribution < 1.29 is 14.4 Å². The van der Waals surface area contributed by atoms with Gasteiger partial charge in [0.25, 0.3) is 11.8 Å². The van der Waals surface area contributed by atoms with Crippen LogP contribution >= 0.6 is 0 Å². The van der Waals surface area contributed by atoms with E-state index in [9.17, 15) is 14.4 Å². The third-order valence-corrected chi connectivity index (χ3v) is 5.24. The van der Waals surface area contributed by atoms with Crippen LogP contribution in [0.3, 0.4) is 0 Å². The number of rotatable bonds is 3. The molecule has 21 heavy (non-hydrogen) atoms. The van der Waals surface area contributed by atoms with Gasteiger partial charge in [-0.3, -0.25) is 24.6 Å². The van der Waals surface area contributed by atoms with E-state index < -0.39 is 11.8 Å². The summed E-state index contributed by atoms with van der Waals surface area (Å²) in [5, 5.41) is 6.64. The summed E-state index contributed by atoms with van der Waals surface area (Å²) < 4.78 is 0. The summed E-state index contributed by atoms with van der Waals surface area (Å²) in [6, 6.07) is 0.508. The van der Waals surface area contributed by atoms with Crippen molar-refractivity contribution in [2.45, 2.75) is 43.8 Å². The highest BCUT2D eigenvalue weighted by atomic mass is 16.2. The number of carbonyl (C=O) groups excluding carboxylic acids is 3. The Balaban J connectivity index is 1.43. The zero-order valence-corrected chi connectivity index (χ0v) is 11.8. The zero-order chi connectivity index (χ0) is 14.6. The summed E-state index contributed by atoms with van der Waals surface area (Å²) in [4.78, 5) is 36.2. The van der Waals surface area contributed by atoms with Crippen LogP contribution in [0.25, 0.3) is 0 Å². The SMILES string of the molecule is O=C(CN1C(=O)C=CC1=O)NC12C[C@@H]3CC(C[C@@H](C3)C1)N2. The smallest absolute Gasteiger partial charge is 0.254 e. The summed E-state index contributed by atoms with van der Waals surface area (Å²) in [6.45, 7) is -0.186. The lowest BCUT2D eigenvalue weighted by molar-refractivity contribution is -0.142. The average molecular weight is 289 g/mol. The number of nitrogens with zero attached hydrogens (tertiary/aromatic N) is 1. The molecule has 4 fully saturated rings. The minimum atomic E-state index is -0.409. The molecule has 2 aliphatic carbocycles. The normalized spacial score (nSPS) is 40.2. The first-order valence-electron chi connectivity index (χ1n) is 7.65. The van der Waals surface area contributed by atoms with Gasteiger partial charge >= 0.3 is 0 Å². The number of hydrogen-bond donors (Lipinski definition) is 2. The van der Waals surface area contributed by atoms with Crippen LogP contribution in [0.5, 0.6) is 0 Å². The van der Waals surface area contributed by atoms with Crippen LogP contribution in [0.1, 0.15) is 32.1 Å². The van der Waals surface area contributed by atoms with Crippen LogP contribution < -0.4 is 10.6 Å². The number of hydrogen-bond acceptors (Lipinski definition) is 4. The summed E-state index contributed by atoms with van der Waals surface area (Å²) in [6.07, 6.45) is 8.04. The van der Waals surface area contributed by atoms with Gasteiger partial charge in [0.15, 0.2) is 0 Å². The minimum Gasteiger partial charge on any atom is -0.336 e. The molecule has 3 aliphatic heterocycles. The van der Waals surface area contributed by atoms with Gasteiger partial charge in [-0.25, -0.2) is 0 Å². The van der Waals surface area contributed by atoms with Crippen molar-refractivity contribution in [1.29, 1.82) is 0 Å². The number of amides is 3. The molecular weight excluding hydrogens is 270 g/mol. The molecule has 2 N–H and O–H groups in total. The molecule has 0 radical (unpaired) electrons. The van der Waals surface area contributed by atoms with E-state index in [4.69, 9.17) is 0 Å². The van der Waals surface area contributed by atoms with E-state index in [2.05, 4.69) is 10.6 Å². The molecule has 2 saturated heterocycles. The summed E-state index contributed by atoms with van der Waals surface area (Å²) >= 11 is 0. The van der Waals surface area contributed by atoms with Gasteiger partial charge in [-0.1, -0.05) is 0 Å². The van der Waals surface area contributed by atoms with Crippen molar-refractivity contribution in [2.24, 2.45) is 11.8 Å². The maximum Gasteiger partial charge on any atom is 0.254 e. The van der Waals surface area contributed by atoms with Gasteiger partial charge in [-0.05, 0) is 43.9 Å². The monoisotopic (exact) mass is 289 g/mol. The van der Waals surface area contributed by atoms with Gasteiger partial charge in [-0.2, -0.15) is 0 Å². The van der Waals surface area contributed by atoms with Gasteiger partial charge in [0.2, 0.25) is 5.91 Å². The topological polar surface area (TPSA) is 78.5 Å². The van der Waals surface area contributed by atoms with E-state index in [-0.39, 0.29) is 18.1 Å². The molecule has 0 aromatic carbocycles. The van der Waals surface area contributed by atoms with Gasteiger partial charge in [-0.15, -0.1) is 0 Å². The molecule has 6 heteroatoms. The van der Waals surface area contributed by atoms with Crippen LogP contribution in [0.15, 0.2) is 12.2 Å². The Labute approximate surface area is 122 Å². The van der Waals surface area contributed by atoms with Gasteiger partial charge < -0.3 is 5.32 Å². The molecule has 5 aliphatic rings. The van der Waals surface area contributed by atoms with Crippen LogP contribution in [0.4, 0.5) is 0 Å². The molecule has 4 atom stereocenters. The second kappa shape index (κ2) is 4.40. The minimum absolute atomic E-state index is 0.186. The predicted octanol–water partition coefficient (Wildman–Crippen LogP) is -0.0942. The lowest BCUT2D eigenvalue weighted by Gasteiger charge is -2.57. The molecule has 5 rings (SSSR count). The van der Waals surface area contributed by atoms with Crippen LogP contribution in [0, 0.1) is 11.8 Å². The Morgan fingerprint density at radius 2 is 1.81 bits per heavy atom. The van der Waals surface area contributed by atoms with Crippen molar-refractivity contribution in [3.8, 4) is 0 Å².